The van der Waals surface area contributed by atoms with Crippen molar-refractivity contribution >= 4 is 29.0 Å². The predicted molar refractivity (Wildman–Crippen MR) is 70.1 cm³/mol. The van der Waals surface area contributed by atoms with Gasteiger partial charge in [-0.3, -0.25) is 4.79 Å². The first-order valence-electron chi connectivity index (χ1n) is 5.80. The van der Waals surface area contributed by atoms with Gasteiger partial charge in [-0.1, -0.05) is 11.6 Å². The van der Waals surface area contributed by atoms with Crippen LogP contribution in [0, 0.1) is 0 Å². The lowest BCUT2D eigenvalue weighted by atomic mass is 9.97. The second-order valence-corrected chi connectivity index (χ2v) is 4.98. The molecule has 2 atom stereocenters. The van der Waals surface area contributed by atoms with E-state index >= 15 is 0 Å². The number of aliphatic hydroxyl groups is 1. The molecule has 102 valence electrons. The average Bonchev–Trinajstić information content (AvgIpc) is 2.67. The fraction of sp³-hybridized carbons (Fsp3) is 0.385. The number of hydrogen-bond acceptors (Lipinski definition) is 5. The number of anilines is 1. The van der Waals surface area contributed by atoms with Gasteiger partial charge < -0.3 is 15.2 Å². The summed E-state index contributed by atoms with van der Waals surface area (Å²) < 4.78 is 4.57. The summed E-state index contributed by atoms with van der Waals surface area (Å²) in [5, 5.41) is 13.9. The van der Waals surface area contributed by atoms with E-state index in [2.05, 4.69) is 10.1 Å². The number of nitrogens with one attached hydrogen (secondary N) is 1. The Morgan fingerprint density at radius 3 is 2.68 bits per heavy atom. The summed E-state index contributed by atoms with van der Waals surface area (Å²) in [6.45, 7) is 0. The van der Waals surface area contributed by atoms with Gasteiger partial charge in [0.25, 0.3) is 0 Å². The van der Waals surface area contributed by atoms with E-state index in [9.17, 15) is 14.7 Å². The monoisotopic (exact) mass is 283 g/mol. The SMILES string of the molecule is COC(=O)[C@]1(O)CC(=O)C[C@H]1Nc1ccc(Cl)cc1. The van der Waals surface area contributed by atoms with Crippen molar-refractivity contribution in [2.75, 3.05) is 12.4 Å². The van der Waals surface area contributed by atoms with Crippen LogP contribution < -0.4 is 5.32 Å². The number of methoxy groups -OCH3 is 1. The Labute approximate surface area is 115 Å². The molecule has 1 aliphatic carbocycles. The van der Waals surface area contributed by atoms with Crippen LogP contribution >= 0.6 is 11.6 Å². The van der Waals surface area contributed by atoms with Crippen molar-refractivity contribution in [2.45, 2.75) is 24.5 Å². The van der Waals surface area contributed by atoms with Crippen LogP contribution in [0.15, 0.2) is 24.3 Å². The van der Waals surface area contributed by atoms with Gasteiger partial charge in [0.2, 0.25) is 0 Å². The van der Waals surface area contributed by atoms with Crippen LogP contribution in [0.2, 0.25) is 5.02 Å². The van der Waals surface area contributed by atoms with Gasteiger partial charge >= 0.3 is 5.97 Å². The van der Waals surface area contributed by atoms with Crippen molar-refractivity contribution in [2.24, 2.45) is 0 Å². The third kappa shape index (κ3) is 2.72. The van der Waals surface area contributed by atoms with E-state index in [0.29, 0.717) is 10.7 Å². The molecule has 0 aliphatic heterocycles. The third-order valence-electron chi connectivity index (χ3n) is 3.20. The van der Waals surface area contributed by atoms with E-state index in [0.717, 1.165) is 0 Å². The van der Waals surface area contributed by atoms with E-state index in [1.54, 1.807) is 24.3 Å². The molecule has 0 spiro atoms. The van der Waals surface area contributed by atoms with Crippen molar-refractivity contribution in [3.8, 4) is 0 Å². The second-order valence-electron chi connectivity index (χ2n) is 4.54. The van der Waals surface area contributed by atoms with Crippen LogP contribution in [-0.4, -0.2) is 35.6 Å². The molecular weight excluding hydrogens is 270 g/mol. The molecule has 1 aromatic rings. The highest BCUT2D eigenvalue weighted by Crippen LogP contribution is 2.31. The number of Topliss-reactive ketones (excluding diaryl/α,β-unsaturated/α-hetero) is 1. The molecule has 6 heteroatoms. The maximum absolute atomic E-state index is 11.7. The standard InChI is InChI=1S/C13H14ClNO4/c1-19-12(17)13(18)7-10(16)6-11(13)15-9-4-2-8(14)3-5-9/h2-5,11,15,18H,6-7H2,1H3/t11-,13+/m1/s1. The molecule has 0 saturated heterocycles. The van der Waals surface area contributed by atoms with Crippen LogP contribution in [0.3, 0.4) is 0 Å². The van der Waals surface area contributed by atoms with Crippen LogP contribution in [0.5, 0.6) is 0 Å². The highest BCUT2D eigenvalue weighted by atomic mass is 35.5. The van der Waals surface area contributed by atoms with Crippen LogP contribution in [0.4, 0.5) is 5.69 Å². The fourth-order valence-electron chi connectivity index (χ4n) is 2.20. The zero-order valence-electron chi connectivity index (χ0n) is 10.4. The fourth-order valence-corrected chi connectivity index (χ4v) is 2.33. The molecule has 0 radical (unpaired) electrons. The van der Waals surface area contributed by atoms with Crippen LogP contribution in [0.1, 0.15) is 12.8 Å². The maximum Gasteiger partial charge on any atom is 0.340 e. The normalized spacial score (nSPS) is 26.3. The molecule has 2 N–H and O–H groups in total. The molecule has 0 unspecified atom stereocenters. The summed E-state index contributed by atoms with van der Waals surface area (Å²) in [5.74, 6) is -0.982. The minimum absolute atomic E-state index is 0.0776. The van der Waals surface area contributed by atoms with Gasteiger partial charge in [0.15, 0.2) is 5.60 Å². The van der Waals surface area contributed by atoms with Gasteiger partial charge in [0, 0.05) is 23.6 Å². The first-order valence-corrected chi connectivity index (χ1v) is 6.18. The molecule has 1 fully saturated rings. The Balaban J connectivity index is 2.20. The number of esters is 1. The van der Waals surface area contributed by atoms with E-state index in [1.807, 2.05) is 0 Å². The number of rotatable bonds is 3. The number of hydrogen-bond donors (Lipinski definition) is 2. The largest absolute Gasteiger partial charge is 0.467 e. The van der Waals surface area contributed by atoms with Crippen molar-refractivity contribution in [3.63, 3.8) is 0 Å². The Kier molecular flexibility index (Phi) is 3.78. The zero-order chi connectivity index (χ0) is 14.0. The van der Waals surface area contributed by atoms with E-state index in [4.69, 9.17) is 11.6 Å². The molecule has 0 aromatic heterocycles. The van der Waals surface area contributed by atoms with Crippen molar-refractivity contribution in [3.05, 3.63) is 29.3 Å². The third-order valence-corrected chi connectivity index (χ3v) is 3.45. The summed E-state index contributed by atoms with van der Waals surface area (Å²) >= 11 is 5.78. The van der Waals surface area contributed by atoms with Crippen molar-refractivity contribution < 1.29 is 19.4 Å². The maximum atomic E-state index is 11.7. The number of ketones is 1. The van der Waals surface area contributed by atoms with Crippen molar-refractivity contribution in [1.29, 1.82) is 0 Å². The highest BCUT2D eigenvalue weighted by molar-refractivity contribution is 6.30. The Hall–Kier alpha value is -1.59. The predicted octanol–water partition coefficient (Wildman–Crippen LogP) is 1.39. The molecule has 0 bridgehead atoms. The van der Waals surface area contributed by atoms with Gasteiger partial charge in [-0.15, -0.1) is 0 Å². The summed E-state index contributed by atoms with van der Waals surface area (Å²) in [5.41, 5.74) is -1.14. The second kappa shape index (κ2) is 5.19. The summed E-state index contributed by atoms with van der Waals surface area (Å²) in [7, 11) is 1.18. The molecule has 0 heterocycles. The number of halogens is 1. The molecule has 1 saturated carbocycles. The van der Waals surface area contributed by atoms with Gasteiger partial charge in [0.1, 0.15) is 5.78 Å². The lowest BCUT2D eigenvalue weighted by molar-refractivity contribution is -0.162. The van der Waals surface area contributed by atoms with Crippen LogP contribution in [0.25, 0.3) is 0 Å². The van der Waals surface area contributed by atoms with E-state index in [-0.39, 0.29) is 18.6 Å². The molecule has 1 aliphatic rings. The lowest BCUT2D eigenvalue weighted by Crippen LogP contribution is -2.49. The Morgan fingerprint density at radius 1 is 1.47 bits per heavy atom. The minimum atomic E-state index is -1.81. The molecule has 19 heavy (non-hydrogen) atoms. The topological polar surface area (TPSA) is 75.6 Å². The van der Waals surface area contributed by atoms with E-state index in [1.165, 1.54) is 7.11 Å². The van der Waals surface area contributed by atoms with E-state index < -0.39 is 17.6 Å². The summed E-state index contributed by atoms with van der Waals surface area (Å²) in [6.07, 6.45) is -0.154. The summed E-state index contributed by atoms with van der Waals surface area (Å²) in [6, 6.07) is 6.08. The van der Waals surface area contributed by atoms with Gasteiger partial charge in [-0.05, 0) is 24.3 Å². The molecule has 5 nitrogen and oxygen atoms in total. The minimum Gasteiger partial charge on any atom is -0.467 e. The molecule has 1 aromatic carbocycles. The molecular formula is C13H14ClNO4. The van der Waals surface area contributed by atoms with Gasteiger partial charge in [-0.25, -0.2) is 4.79 Å². The highest BCUT2D eigenvalue weighted by Gasteiger charge is 2.52. The Morgan fingerprint density at radius 2 is 2.11 bits per heavy atom. The van der Waals surface area contributed by atoms with Gasteiger partial charge in [0.05, 0.1) is 13.2 Å². The zero-order valence-corrected chi connectivity index (χ0v) is 11.1. The number of carbonyl (C=O) groups is 2. The van der Waals surface area contributed by atoms with Crippen LogP contribution in [-0.2, 0) is 14.3 Å². The number of benzene rings is 1. The summed E-state index contributed by atoms with van der Waals surface area (Å²) in [4.78, 5) is 23.2. The molecule has 0 amide bonds. The number of ether oxygens (including phenoxy) is 1. The lowest BCUT2D eigenvalue weighted by Gasteiger charge is -2.27. The van der Waals surface area contributed by atoms with Crippen molar-refractivity contribution in [1.82, 2.24) is 0 Å². The van der Waals surface area contributed by atoms with Gasteiger partial charge in [-0.2, -0.15) is 0 Å². The smallest absolute Gasteiger partial charge is 0.340 e. The first kappa shape index (κ1) is 13.8. The Bertz CT molecular complexity index is 502. The quantitative estimate of drug-likeness (QED) is 0.820. The average molecular weight is 284 g/mol. The first-order chi connectivity index (χ1) is 8.95. The number of carbonyl (C=O) groups excluding carboxylic acids is 2. The molecule has 2 rings (SSSR count).